The first-order valence-corrected chi connectivity index (χ1v) is 7.58. The maximum atomic E-state index is 12.9. The second-order valence-electron chi connectivity index (χ2n) is 6.46. The number of hydrogen-bond acceptors (Lipinski definition) is 7. The molecule has 2 unspecified atom stereocenters. The van der Waals surface area contributed by atoms with E-state index in [2.05, 4.69) is 0 Å². The van der Waals surface area contributed by atoms with Gasteiger partial charge in [-0.05, 0) is 27.7 Å². The first kappa shape index (κ1) is 19.9. The quantitative estimate of drug-likeness (QED) is 0.392. The van der Waals surface area contributed by atoms with Gasteiger partial charge in [0, 0.05) is 11.6 Å². The Morgan fingerprint density at radius 2 is 1.73 bits per heavy atom. The van der Waals surface area contributed by atoms with Gasteiger partial charge in [0.2, 0.25) is 0 Å². The van der Waals surface area contributed by atoms with Crippen LogP contribution in [0.1, 0.15) is 42.3 Å². The average molecular weight is 406 g/mol. The van der Waals surface area contributed by atoms with Crippen LogP contribution >= 0.6 is 0 Å². The molecule has 0 spiro atoms. The van der Waals surface area contributed by atoms with Crippen molar-refractivity contribution >= 4 is 23.1 Å². The predicted molar refractivity (Wildman–Crippen MR) is 80.3 cm³/mol. The first-order valence-electron chi connectivity index (χ1n) is 7.58. The molecule has 1 aliphatic carbocycles. The number of Topliss-reactive ketones (excluding diaryl/α,β-unsaturated/α-hetero) is 3. The van der Waals surface area contributed by atoms with Gasteiger partial charge < -0.3 is 14.9 Å². The van der Waals surface area contributed by atoms with E-state index in [0.29, 0.717) is 0 Å². The Balaban J connectivity index is 0.00000243. The fraction of sp³-hybridized carbons (Fsp3) is 0.333. The number of ether oxygens (including phenoxy) is 1. The monoisotopic (exact) mass is 405 g/mol. The minimum absolute atomic E-state index is 0. The molecule has 3 rings (SSSR count). The van der Waals surface area contributed by atoms with Crippen molar-refractivity contribution in [2.75, 3.05) is 0 Å². The Bertz CT molecular complexity index is 928. The van der Waals surface area contributed by atoms with Crippen LogP contribution < -0.4 is 14.9 Å². The number of carbonyl (C=O) groups excluding carboxylic acids is 4. The molecule has 0 amide bonds. The zero-order valence-corrected chi connectivity index (χ0v) is 15.3. The molecular weight excluding hydrogens is 392 g/mol. The van der Waals surface area contributed by atoms with Crippen LogP contribution in [0.3, 0.4) is 0 Å². The summed E-state index contributed by atoms with van der Waals surface area (Å²) in [7, 11) is 0. The van der Waals surface area contributed by atoms with Crippen molar-refractivity contribution in [2.45, 2.75) is 33.1 Å². The van der Waals surface area contributed by atoms with Crippen molar-refractivity contribution in [3.05, 3.63) is 28.5 Å². The zero-order chi connectivity index (χ0) is 18.8. The van der Waals surface area contributed by atoms with Crippen LogP contribution in [0.25, 0.3) is 0 Å². The summed E-state index contributed by atoms with van der Waals surface area (Å²) >= 11 is 0. The van der Waals surface area contributed by atoms with Gasteiger partial charge >= 0.3 is 17.1 Å². The molecular formula is C18H14CuO7. The van der Waals surface area contributed by atoms with Crippen molar-refractivity contribution in [2.24, 2.45) is 5.92 Å². The largest absolute Gasteiger partial charge is 2.00 e. The van der Waals surface area contributed by atoms with Gasteiger partial charge in [0.1, 0.15) is 28.6 Å². The van der Waals surface area contributed by atoms with E-state index in [0.717, 1.165) is 19.9 Å². The summed E-state index contributed by atoms with van der Waals surface area (Å²) in [5.74, 6) is -6.23. The zero-order valence-electron chi connectivity index (χ0n) is 14.3. The van der Waals surface area contributed by atoms with E-state index in [1.54, 1.807) is 0 Å². The van der Waals surface area contributed by atoms with Crippen LogP contribution in [0.4, 0.5) is 0 Å². The fourth-order valence-corrected chi connectivity index (χ4v) is 3.45. The number of ketones is 4. The predicted octanol–water partition coefficient (Wildman–Crippen LogP) is 0.233. The van der Waals surface area contributed by atoms with Gasteiger partial charge in [0.25, 0.3) is 0 Å². The summed E-state index contributed by atoms with van der Waals surface area (Å²) in [4.78, 5) is 48.7. The number of allylic oxidation sites excluding steroid dienone is 2. The van der Waals surface area contributed by atoms with Crippen molar-refractivity contribution in [3.8, 4) is 17.2 Å². The van der Waals surface area contributed by atoms with Gasteiger partial charge in [-0.1, -0.05) is 17.1 Å². The smallest absolute Gasteiger partial charge is 0.872 e. The van der Waals surface area contributed by atoms with Gasteiger partial charge in [0.15, 0.2) is 17.3 Å². The van der Waals surface area contributed by atoms with E-state index in [1.807, 2.05) is 0 Å². The van der Waals surface area contributed by atoms with Crippen molar-refractivity contribution in [1.29, 1.82) is 0 Å². The molecule has 139 valence electrons. The van der Waals surface area contributed by atoms with Crippen molar-refractivity contribution in [1.82, 2.24) is 0 Å². The molecule has 1 aromatic carbocycles. The molecule has 0 bridgehead atoms. The number of carbonyl (C=O) groups is 4. The summed E-state index contributed by atoms with van der Waals surface area (Å²) in [6, 6.07) is 0. The Kier molecular flexibility index (Phi) is 4.64. The molecule has 1 aliphatic heterocycles. The molecule has 1 heterocycles. The summed E-state index contributed by atoms with van der Waals surface area (Å²) in [6.45, 7) is 4.90. The van der Waals surface area contributed by atoms with E-state index >= 15 is 0 Å². The summed E-state index contributed by atoms with van der Waals surface area (Å²) in [5, 5.41) is 25.0. The molecule has 1 aromatic rings. The Morgan fingerprint density at radius 3 is 2.23 bits per heavy atom. The molecule has 8 heteroatoms. The van der Waals surface area contributed by atoms with Crippen LogP contribution in [0.2, 0.25) is 0 Å². The van der Waals surface area contributed by atoms with Gasteiger partial charge in [-0.3, -0.25) is 19.2 Å². The third kappa shape index (κ3) is 2.26. The minimum atomic E-state index is -1.68. The molecule has 0 N–H and O–H groups in total. The second kappa shape index (κ2) is 6.07. The van der Waals surface area contributed by atoms with Crippen LogP contribution in [0.5, 0.6) is 17.2 Å². The molecule has 7 nitrogen and oxygen atoms in total. The second-order valence-corrected chi connectivity index (χ2v) is 6.46. The molecule has 0 saturated carbocycles. The third-order valence-electron chi connectivity index (χ3n) is 4.87. The molecule has 1 radical (unpaired) electrons. The summed E-state index contributed by atoms with van der Waals surface area (Å²) in [5.41, 5.74) is -2.38. The molecule has 2 aliphatic rings. The van der Waals surface area contributed by atoms with Crippen molar-refractivity contribution in [3.63, 3.8) is 0 Å². The molecule has 0 fully saturated rings. The maximum Gasteiger partial charge on any atom is 2.00 e. The third-order valence-corrected chi connectivity index (χ3v) is 4.87. The summed E-state index contributed by atoms with van der Waals surface area (Å²) in [6.07, 6.45) is 0.997. The Labute approximate surface area is 159 Å². The average Bonchev–Trinajstić information content (AvgIpc) is 2.78. The van der Waals surface area contributed by atoms with E-state index in [1.165, 1.54) is 13.8 Å². The number of fused-ring (bicyclic) bond motifs is 3. The fourth-order valence-electron chi connectivity index (χ4n) is 3.45. The van der Waals surface area contributed by atoms with Crippen LogP contribution in [0.15, 0.2) is 11.8 Å². The molecule has 2 atom stereocenters. The van der Waals surface area contributed by atoms with Gasteiger partial charge in [-0.25, -0.2) is 0 Å². The van der Waals surface area contributed by atoms with Gasteiger partial charge in [-0.2, -0.15) is 0 Å². The molecule has 26 heavy (non-hydrogen) atoms. The molecule has 0 aromatic heterocycles. The number of hydrogen-bond donors (Lipinski definition) is 0. The van der Waals surface area contributed by atoms with Crippen LogP contribution in [0, 0.1) is 12.8 Å². The normalized spacial score (nSPS) is 23.4. The number of benzene rings is 1. The van der Waals surface area contributed by atoms with Crippen molar-refractivity contribution < 1.29 is 51.2 Å². The van der Waals surface area contributed by atoms with E-state index < -0.39 is 46.0 Å². The SMILES string of the molecule is CC(=O)c1c([O-])c(C)c([O-])c2c1OC1=CC(=O)C(C(C)=O)C(=O)C12C.[Cu+2]. The van der Waals surface area contributed by atoms with Gasteiger partial charge in [-0.15, -0.1) is 0 Å². The van der Waals surface area contributed by atoms with E-state index in [-0.39, 0.29) is 45.3 Å². The topological polar surface area (TPSA) is 124 Å². The van der Waals surface area contributed by atoms with E-state index in [4.69, 9.17) is 4.74 Å². The minimum Gasteiger partial charge on any atom is -0.872 e. The molecule has 0 saturated heterocycles. The standard InChI is InChI=1S/C18H16O7.Cu/c1-6-14(22)12(8(3)20)16-13(15(6)23)18(4)10(25-16)5-9(21)11(7(2)19)17(18)24;/h5,11,22-23H,1-4H3;/q;+2/p-2. The maximum absolute atomic E-state index is 12.9. The van der Waals surface area contributed by atoms with Crippen LogP contribution in [-0.2, 0) is 36.9 Å². The van der Waals surface area contributed by atoms with Crippen LogP contribution in [-0.4, -0.2) is 23.1 Å². The summed E-state index contributed by atoms with van der Waals surface area (Å²) < 4.78 is 5.48. The Morgan fingerprint density at radius 1 is 1.15 bits per heavy atom. The first-order chi connectivity index (χ1) is 11.5. The number of rotatable bonds is 2. The Hall–Kier alpha value is -2.44. The van der Waals surface area contributed by atoms with E-state index in [9.17, 15) is 29.4 Å². The van der Waals surface area contributed by atoms with Gasteiger partial charge in [0.05, 0.1) is 5.56 Å².